The Labute approximate surface area is 260 Å². The molecule has 1 N–H and O–H groups in total. The topological polar surface area (TPSA) is 54.4 Å². The van der Waals surface area contributed by atoms with E-state index in [4.69, 9.17) is 0 Å². The molecule has 0 aliphatic heterocycles. The largest absolute Gasteiger partial charge is 0.385 e. The summed E-state index contributed by atoms with van der Waals surface area (Å²) in [6, 6.07) is 0. The number of hydrogen-bond donors (Lipinski definition) is 1. The van der Waals surface area contributed by atoms with Gasteiger partial charge in [-0.05, 0) is 87.5 Å². The van der Waals surface area contributed by atoms with E-state index in [0.717, 1.165) is 45.4 Å². The maximum atomic E-state index is 12.2. The van der Waals surface area contributed by atoms with Crippen LogP contribution < -0.4 is 0 Å². The van der Waals surface area contributed by atoms with Crippen LogP contribution in [0.2, 0.25) is 0 Å². The number of aliphatic hydroxyl groups is 1. The van der Waals surface area contributed by atoms with Gasteiger partial charge in [0, 0.05) is 6.42 Å². The van der Waals surface area contributed by atoms with Crippen LogP contribution in [0.25, 0.3) is 0 Å². The molecular weight excluding hydrogens is 528 g/mol. The lowest BCUT2D eigenvalue weighted by atomic mass is 9.71. The number of carbonyl (C=O) groups excluding carboxylic acids is 2. The van der Waals surface area contributed by atoms with Crippen LogP contribution in [0.15, 0.2) is 130 Å². The van der Waals surface area contributed by atoms with Crippen molar-refractivity contribution in [1.29, 1.82) is 0 Å². The third-order valence-corrected chi connectivity index (χ3v) is 8.33. The number of Topliss-reactive ketones (excluding diaryl/α,β-unsaturated/α-hetero) is 2. The number of hydrogen-bond acceptors (Lipinski definition) is 3. The van der Waals surface area contributed by atoms with Crippen molar-refractivity contribution < 1.29 is 14.7 Å². The van der Waals surface area contributed by atoms with Crippen LogP contribution in [0.1, 0.15) is 88.5 Å². The highest BCUT2D eigenvalue weighted by Crippen LogP contribution is 2.40. The first kappa shape index (κ1) is 35.6. The average Bonchev–Trinajstić information content (AvgIpc) is 2.91. The van der Waals surface area contributed by atoms with Crippen molar-refractivity contribution in [2.45, 2.75) is 94.6 Å². The van der Waals surface area contributed by atoms with Gasteiger partial charge in [0.15, 0.2) is 11.6 Å². The first-order valence-corrected chi connectivity index (χ1v) is 15.3. The fraction of sp³-hybridized carbons (Fsp3) is 0.400. The summed E-state index contributed by atoms with van der Waals surface area (Å²) in [6.45, 7) is 20.6. The number of aliphatic hydroxyl groups excluding tert-OH is 1. The Balaban J connectivity index is 1.94. The molecule has 0 fully saturated rings. The Morgan fingerprint density at radius 1 is 0.651 bits per heavy atom. The van der Waals surface area contributed by atoms with Crippen molar-refractivity contribution in [2.75, 3.05) is 0 Å². The van der Waals surface area contributed by atoms with Gasteiger partial charge in [-0.25, -0.2) is 0 Å². The second-order valence-electron chi connectivity index (χ2n) is 13.3. The summed E-state index contributed by atoms with van der Waals surface area (Å²) in [5.74, 6) is 0.0963. The Kier molecular flexibility index (Phi) is 13.1. The van der Waals surface area contributed by atoms with Crippen molar-refractivity contribution in [1.82, 2.24) is 0 Å². The Bertz CT molecular complexity index is 1420. The van der Waals surface area contributed by atoms with Gasteiger partial charge in [0.05, 0.1) is 0 Å². The van der Waals surface area contributed by atoms with Gasteiger partial charge in [-0.2, -0.15) is 0 Å². The van der Waals surface area contributed by atoms with Crippen LogP contribution in [0.5, 0.6) is 0 Å². The molecule has 2 aliphatic rings. The lowest BCUT2D eigenvalue weighted by Gasteiger charge is -2.34. The van der Waals surface area contributed by atoms with Gasteiger partial charge in [-0.1, -0.05) is 135 Å². The van der Waals surface area contributed by atoms with Crippen molar-refractivity contribution in [3.63, 3.8) is 0 Å². The summed E-state index contributed by atoms with van der Waals surface area (Å²) in [6.07, 6.45) is 29.9. The Morgan fingerprint density at radius 3 is 1.56 bits per heavy atom. The molecule has 0 heterocycles. The van der Waals surface area contributed by atoms with Crippen LogP contribution in [0.4, 0.5) is 0 Å². The van der Waals surface area contributed by atoms with Crippen molar-refractivity contribution in [3.8, 4) is 0 Å². The molecule has 0 aromatic carbocycles. The van der Waals surface area contributed by atoms with Gasteiger partial charge >= 0.3 is 0 Å². The van der Waals surface area contributed by atoms with Gasteiger partial charge < -0.3 is 5.11 Å². The SMILES string of the molecule is CC1=C(/C=C/C(C)=C/C=C/C(C)=C/C=C/C=C(C)/C=C\C=C(C)/C=C/C2=C(C)C(=O)[C@H](O)CC2(C)C)C(C)(C)CCC1=O. The van der Waals surface area contributed by atoms with Crippen molar-refractivity contribution >= 4 is 11.6 Å². The zero-order valence-corrected chi connectivity index (χ0v) is 28.0. The highest BCUT2D eigenvalue weighted by molar-refractivity contribution is 6.00. The highest BCUT2D eigenvalue weighted by Gasteiger charge is 2.36. The predicted molar refractivity (Wildman–Crippen MR) is 184 cm³/mol. The standard InChI is InChI=1S/C40H52O3/c1-28(17-13-19-30(3)21-23-34-32(5)36(41)25-26-39(34,7)8)15-11-12-16-29(2)18-14-20-31(4)22-24-35-33(6)38(43)37(42)27-40(35,9)10/h11-24,37,42H,25-27H2,1-10H3/b12-11+,17-13+,18-14-,23-21+,24-22+,28-15+,29-16+,30-19+,31-20-/t37-/m1/s1. The van der Waals surface area contributed by atoms with Crippen molar-refractivity contribution in [3.05, 3.63) is 130 Å². The minimum absolute atomic E-state index is 0.0331. The molecule has 1 atom stereocenters. The number of carbonyl (C=O) groups is 2. The van der Waals surface area contributed by atoms with E-state index in [0.29, 0.717) is 18.4 Å². The van der Waals surface area contributed by atoms with Gasteiger partial charge in [-0.15, -0.1) is 0 Å². The summed E-state index contributed by atoms with van der Waals surface area (Å²) in [7, 11) is 0. The van der Waals surface area contributed by atoms with Gasteiger partial charge in [0.1, 0.15) is 6.10 Å². The second-order valence-corrected chi connectivity index (χ2v) is 13.3. The second kappa shape index (κ2) is 15.8. The Morgan fingerprint density at radius 2 is 1.07 bits per heavy atom. The average molecular weight is 581 g/mol. The molecular formula is C40H52O3. The molecule has 2 aliphatic carbocycles. The molecule has 0 saturated heterocycles. The monoisotopic (exact) mass is 580 g/mol. The van der Waals surface area contributed by atoms with Crippen LogP contribution >= 0.6 is 0 Å². The van der Waals surface area contributed by atoms with E-state index in [1.54, 1.807) is 6.92 Å². The van der Waals surface area contributed by atoms with Crippen LogP contribution in [0.3, 0.4) is 0 Å². The first-order valence-electron chi connectivity index (χ1n) is 15.3. The molecule has 0 unspecified atom stereocenters. The lowest BCUT2D eigenvalue weighted by Crippen LogP contribution is -2.35. The molecule has 0 bridgehead atoms. The Hall–Kier alpha value is -3.56. The number of ketones is 2. The van der Waals surface area contributed by atoms with Gasteiger partial charge in [0.25, 0.3) is 0 Å². The summed E-state index contributed by atoms with van der Waals surface area (Å²) < 4.78 is 0. The van der Waals surface area contributed by atoms with E-state index in [9.17, 15) is 14.7 Å². The molecule has 0 aromatic rings. The summed E-state index contributed by atoms with van der Waals surface area (Å²) in [4.78, 5) is 24.4. The van der Waals surface area contributed by atoms with Crippen LogP contribution in [-0.4, -0.2) is 22.8 Å². The third-order valence-electron chi connectivity index (χ3n) is 8.33. The van der Waals surface area contributed by atoms with E-state index < -0.39 is 6.10 Å². The minimum Gasteiger partial charge on any atom is -0.385 e. The zero-order chi connectivity index (χ0) is 32.4. The maximum absolute atomic E-state index is 12.2. The molecule has 3 heteroatoms. The first-order chi connectivity index (χ1) is 20.0. The molecule has 43 heavy (non-hydrogen) atoms. The maximum Gasteiger partial charge on any atom is 0.187 e. The molecule has 230 valence electrons. The van der Waals surface area contributed by atoms with Gasteiger partial charge in [-0.3, -0.25) is 9.59 Å². The molecule has 0 saturated carbocycles. The van der Waals surface area contributed by atoms with E-state index in [-0.39, 0.29) is 22.4 Å². The molecule has 0 aromatic heterocycles. The van der Waals surface area contributed by atoms with Crippen LogP contribution in [0, 0.1) is 10.8 Å². The van der Waals surface area contributed by atoms with Crippen LogP contribution in [-0.2, 0) is 9.59 Å². The van der Waals surface area contributed by atoms with Gasteiger partial charge in [0.2, 0.25) is 0 Å². The summed E-state index contributed by atoms with van der Waals surface area (Å²) >= 11 is 0. The molecule has 0 radical (unpaired) electrons. The molecule has 2 rings (SSSR count). The summed E-state index contributed by atoms with van der Waals surface area (Å²) in [5.41, 5.74) is 7.99. The molecule has 0 amide bonds. The van der Waals surface area contributed by atoms with E-state index in [1.807, 2.05) is 50.3 Å². The third kappa shape index (κ3) is 10.9. The smallest absolute Gasteiger partial charge is 0.187 e. The quantitative estimate of drug-likeness (QED) is 0.262. The molecule has 3 nitrogen and oxygen atoms in total. The normalized spacial score (nSPS) is 23.1. The zero-order valence-electron chi connectivity index (χ0n) is 28.0. The number of rotatable bonds is 10. The fourth-order valence-electron chi connectivity index (χ4n) is 5.45. The minimum atomic E-state index is -0.900. The van der Waals surface area contributed by atoms with E-state index in [1.165, 1.54) is 0 Å². The summed E-state index contributed by atoms with van der Waals surface area (Å²) in [5, 5.41) is 10.0. The van der Waals surface area contributed by atoms with E-state index in [2.05, 4.69) is 97.1 Å². The number of allylic oxidation sites excluding steroid dienone is 21. The predicted octanol–water partition coefficient (Wildman–Crippen LogP) is 9.93. The highest BCUT2D eigenvalue weighted by atomic mass is 16.3. The van der Waals surface area contributed by atoms with Crippen molar-refractivity contribution in [2.24, 2.45) is 10.8 Å². The molecule has 0 spiro atoms. The van der Waals surface area contributed by atoms with E-state index >= 15 is 0 Å². The lowest BCUT2D eigenvalue weighted by molar-refractivity contribution is -0.125. The fourth-order valence-corrected chi connectivity index (χ4v) is 5.45.